The summed E-state index contributed by atoms with van der Waals surface area (Å²) >= 11 is 0. The van der Waals surface area contributed by atoms with Gasteiger partial charge in [0, 0.05) is 83.0 Å². The first kappa shape index (κ1) is 92.1. The largest absolute Gasteiger partial charge is 0.507 e. The number of amides is 4. The van der Waals surface area contributed by atoms with Crippen molar-refractivity contribution in [2.75, 3.05) is 84.4 Å². The number of aromatic nitrogens is 12. The number of piperazine rings is 3. The molecule has 6 aliphatic rings. The number of rotatable bonds is 12. The van der Waals surface area contributed by atoms with Gasteiger partial charge in [0.1, 0.15) is 69.8 Å². The molecule has 0 radical (unpaired) electrons. The third-order valence-electron chi connectivity index (χ3n) is 24.9. The van der Waals surface area contributed by atoms with Crippen molar-refractivity contribution in [3.63, 3.8) is 0 Å². The van der Waals surface area contributed by atoms with Gasteiger partial charge in [0.15, 0.2) is 75.0 Å². The number of carbonyl (C=O) groups excluding carboxylic acids is 4. The molecule has 6 atom stereocenters. The first-order valence-electron chi connectivity index (χ1n) is 42.8. The van der Waals surface area contributed by atoms with Gasteiger partial charge < -0.3 is 59.7 Å². The quantitative estimate of drug-likeness (QED) is 0.0652. The van der Waals surface area contributed by atoms with Crippen LogP contribution in [0.25, 0.3) is 83.9 Å². The number of ether oxygens (including phenoxy) is 1. The molecule has 40 heteroatoms. The topological polar surface area (TPSA) is 355 Å². The Labute approximate surface area is 758 Å². The van der Waals surface area contributed by atoms with Crippen LogP contribution in [0.2, 0.25) is 0 Å². The zero-order chi connectivity index (χ0) is 96.6. The molecule has 4 N–H and O–H groups in total. The van der Waals surface area contributed by atoms with E-state index in [0.29, 0.717) is 63.0 Å². The van der Waals surface area contributed by atoms with Crippen molar-refractivity contribution in [3.05, 3.63) is 229 Å². The van der Waals surface area contributed by atoms with E-state index in [1.54, 1.807) is 84.1 Å². The van der Waals surface area contributed by atoms with E-state index in [2.05, 4.69) is 69.9 Å². The number of nitrogens with one attached hydrogen (secondary N) is 1. The van der Waals surface area contributed by atoms with Crippen LogP contribution in [0.15, 0.2) is 126 Å². The lowest BCUT2D eigenvalue weighted by Gasteiger charge is -2.45. The lowest BCUT2D eigenvalue weighted by atomic mass is 10.0. The van der Waals surface area contributed by atoms with Gasteiger partial charge >= 0.3 is 17.1 Å². The molecular weight excluding hydrogens is 1760 g/mol. The van der Waals surface area contributed by atoms with Crippen molar-refractivity contribution in [1.82, 2.24) is 73.3 Å². The number of phenols is 3. The number of fused-ring (bicyclic) bond motifs is 6. The van der Waals surface area contributed by atoms with Crippen molar-refractivity contribution < 1.29 is 78.7 Å². The number of nitrogens with zero attached hydrogens (tertiary/aromatic N) is 19. The minimum Gasteiger partial charge on any atom is -0.507 e. The molecule has 0 aliphatic carbocycles. The predicted octanol–water partition coefficient (Wildman–Crippen LogP) is 12.8. The number of hydrogen-bond acceptors (Lipinski definition) is 24. The molecule has 3 saturated heterocycles. The molecule has 6 aliphatic heterocycles. The summed E-state index contributed by atoms with van der Waals surface area (Å²) in [6.07, 6.45) is 8.33. The van der Waals surface area contributed by atoms with E-state index in [0.717, 1.165) is 39.8 Å². The first-order chi connectivity index (χ1) is 63.7. The van der Waals surface area contributed by atoms with E-state index in [4.69, 9.17) is 4.74 Å². The second-order valence-electron chi connectivity index (χ2n) is 34.5. The number of anilines is 5. The van der Waals surface area contributed by atoms with Gasteiger partial charge in [0.05, 0.1) is 91.6 Å². The summed E-state index contributed by atoms with van der Waals surface area (Å²) in [4.78, 5) is 145. The fourth-order valence-electron chi connectivity index (χ4n) is 18.5. The second kappa shape index (κ2) is 35.2. The highest BCUT2D eigenvalue weighted by molar-refractivity contribution is 6.13. The summed E-state index contributed by atoms with van der Waals surface area (Å²) in [5.74, 6) is -16.8. The third-order valence-corrected chi connectivity index (χ3v) is 24.9. The predicted molar refractivity (Wildman–Crippen MR) is 481 cm³/mol. The highest BCUT2D eigenvalue weighted by Gasteiger charge is 2.48. The van der Waals surface area contributed by atoms with Crippen molar-refractivity contribution in [1.29, 1.82) is 0 Å². The smallest absolute Gasteiger partial charge is 0.355 e. The maximum absolute atomic E-state index is 16.9. The molecule has 3 fully saturated rings. The molecule has 0 bridgehead atoms. The Bertz CT molecular complexity index is 6960. The maximum Gasteiger partial charge on any atom is 0.355 e. The van der Waals surface area contributed by atoms with Crippen LogP contribution in [0.1, 0.15) is 114 Å². The Hall–Kier alpha value is -15.2. The van der Waals surface area contributed by atoms with E-state index in [9.17, 15) is 62.1 Å². The van der Waals surface area contributed by atoms with Crippen molar-refractivity contribution in [2.45, 2.75) is 137 Å². The lowest BCUT2D eigenvalue weighted by Crippen LogP contribution is -2.63. The Morgan fingerprint density at radius 3 is 1.28 bits per heavy atom. The molecule has 694 valence electrons. The number of aromatic hydroxyl groups is 3. The summed E-state index contributed by atoms with van der Waals surface area (Å²) in [7, 11) is 1.29. The number of benzene rings is 3. The van der Waals surface area contributed by atoms with Crippen LogP contribution in [0.4, 0.5) is 68.3 Å². The van der Waals surface area contributed by atoms with Crippen molar-refractivity contribution >= 4 is 85.6 Å². The molecule has 3 aromatic carbocycles. The molecule has 4 amide bonds. The van der Waals surface area contributed by atoms with Crippen molar-refractivity contribution in [2.24, 2.45) is 0 Å². The van der Waals surface area contributed by atoms with Gasteiger partial charge in [0.25, 0.3) is 5.91 Å². The average Bonchev–Trinajstić information content (AvgIpc) is 1.42. The summed E-state index contributed by atoms with van der Waals surface area (Å²) in [5.41, 5.74) is -3.72. The summed E-state index contributed by atoms with van der Waals surface area (Å²) < 4.78 is 149. The van der Waals surface area contributed by atoms with Crippen LogP contribution >= 0.6 is 0 Å². The first-order valence-corrected chi connectivity index (χ1v) is 42.8. The van der Waals surface area contributed by atoms with Crippen LogP contribution in [0.5, 0.6) is 23.0 Å². The number of aryl methyl sites for hydroxylation is 3. The van der Waals surface area contributed by atoms with Gasteiger partial charge in [-0.2, -0.15) is 15.0 Å². The Balaban J connectivity index is 0.000000146. The summed E-state index contributed by atoms with van der Waals surface area (Å²) in [6, 6.07) is 6.50. The van der Waals surface area contributed by atoms with Gasteiger partial charge in [-0.3, -0.25) is 34.1 Å². The average molecular weight is 1850 g/mol. The minimum atomic E-state index is -1.58. The molecular formula is C94H89F9N20O11. The zero-order valence-electron chi connectivity index (χ0n) is 74.6. The van der Waals surface area contributed by atoms with Crippen LogP contribution < -0.4 is 46.7 Å². The standard InChI is InChI=1S/C32H30F3N7O4.C31H30F3N7O3.C31H29F3N6O4/c1-7-20(44)40-12-16(5)41-18(13-40)31(45)39(6)28-22-29(37-26(24(28)35)21-19(43)9-8-17(33)23(21)34)42(32(46)38-30(22)41)27-15(4)10-11-36-25(27)14(2)3;1-6-20(43)39-13-17-11-36-26-22-29(40(17)12-16(39)5)38-31(44)41(28-15(4)9-10-35-25(28)14(2)3)30(22)37-27(24(26)34)21-19(42)8-7-18(32)23(21)33;1-6-20(42)38-12-17-13-44-28-22-29(39(17)11-16(38)5)37-31(43)40(27-15(4)9-10-35-25(27)14(2)3)30(22)36-26(24(28)34)21-19(41)8-7-18(32)23(21)33/h7-11,14,16,18,43H,1,12-13H2,2-6H3;6-10,14,16-17,36,42H,1,11-13H2,2-5H3;6-10,14,16-17,41H,1,11-13H2,2-5H3. The Morgan fingerprint density at radius 2 is 0.843 bits per heavy atom. The molecule has 0 spiro atoms. The molecule has 0 saturated carbocycles. The van der Waals surface area contributed by atoms with Crippen molar-refractivity contribution in [3.8, 4) is 73.8 Å². The Kier molecular flexibility index (Phi) is 24.2. The molecule has 12 aromatic rings. The number of phenolic OH excluding ortho intramolecular Hbond substituents is 3. The summed E-state index contributed by atoms with van der Waals surface area (Å²) in [6.45, 7) is 33.5. The monoisotopic (exact) mass is 1840 g/mol. The van der Waals surface area contributed by atoms with E-state index >= 15 is 26.3 Å². The zero-order valence-corrected chi connectivity index (χ0v) is 74.6. The maximum atomic E-state index is 16.9. The molecule has 15 heterocycles. The summed E-state index contributed by atoms with van der Waals surface area (Å²) in [5, 5.41) is 35.0. The number of pyridine rings is 6. The molecule has 31 nitrogen and oxygen atoms in total. The second-order valence-corrected chi connectivity index (χ2v) is 34.5. The third kappa shape index (κ3) is 15.1. The molecule has 18 rings (SSSR count). The SMILES string of the molecule is C=CC(=O)N1CC(C)N2c3nc(=O)n(-c4c(C)ccnc4C(C)C)c4nc(-c5c(O)ccc(F)c5F)c(F)c(c34)N(C)C(=O)C2C1.C=CC(=O)N1CC2CNc3c(F)c(-c4c(O)ccc(F)c4F)nc4c3c(nc(=O)n4-c3c(C)ccnc3C(C)C)N2CC1C.C=CC(=O)N1CC2COc3c(F)c(-c4c(O)ccc(F)c4F)nc4c3c(nc(=O)n4-c3c(C)ccnc3C(C)C)N2CC1C. The van der Waals surface area contributed by atoms with Gasteiger partial charge in [-0.15, -0.1) is 0 Å². The van der Waals surface area contributed by atoms with Crippen LogP contribution in [0.3, 0.4) is 0 Å². The number of hydrogen-bond donors (Lipinski definition) is 4. The number of halogens is 9. The van der Waals surface area contributed by atoms with Gasteiger partial charge in [-0.25, -0.2) is 82.6 Å². The molecule has 134 heavy (non-hydrogen) atoms. The fraction of sp³-hybridized carbons (Fsp3) is 0.319. The normalized spacial score (nSPS) is 17.8. The highest BCUT2D eigenvalue weighted by atomic mass is 19.2. The highest BCUT2D eigenvalue weighted by Crippen LogP contribution is 2.50. The van der Waals surface area contributed by atoms with E-state index in [-0.39, 0.29) is 150 Å². The van der Waals surface area contributed by atoms with E-state index in [1.807, 2.05) is 60.3 Å². The van der Waals surface area contributed by atoms with Gasteiger partial charge in [-0.05, 0) is 149 Å². The fourth-order valence-corrected chi connectivity index (χ4v) is 18.5. The number of carbonyl (C=O) groups is 4. The molecule has 9 aromatic heterocycles. The Morgan fingerprint density at radius 1 is 0.455 bits per heavy atom. The van der Waals surface area contributed by atoms with E-state index < -0.39 is 168 Å². The van der Waals surface area contributed by atoms with Crippen LogP contribution in [-0.2, 0) is 19.2 Å². The lowest BCUT2D eigenvalue weighted by molar-refractivity contribution is -0.130. The van der Waals surface area contributed by atoms with Gasteiger partial charge in [-0.1, -0.05) is 61.3 Å². The van der Waals surface area contributed by atoms with Crippen LogP contribution in [-0.4, -0.2) is 208 Å². The van der Waals surface area contributed by atoms with E-state index in [1.165, 1.54) is 33.2 Å². The molecule has 6 unspecified atom stereocenters. The van der Waals surface area contributed by atoms with Gasteiger partial charge in [0.2, 0.25) is 17.7 Å². The van der Waals surface area contributed by atoms with Crippen LogP contribution in [0, 0.1) is 73.1 Å². The number of likely N-dealkylation sites (N-methyl/N-ethyl adjacent to an activating group) is 1. The minimum absolute atomic E-state index is 0.0262.